The molecule has 0 aromatic heterocycles. The predicted molar refractivity (Wildman–Crippen MR) is 40.3 cm³/mol. The van der Waals surface area contributed by atoms with Crippen LogP contribution in [0.1, 0.15) is 6.92 Å². The summed E-state index contributed by atoms with van der Waals surface area (Å²) in [4.78, 5) is 20.6. The van der Waals surface area contributed by atoms with E-state index in [0.717, 1.165) is 11.8 Å². The first-order chi connectivity index (χ1) is 4.66. The molecule has 0 N–H and O–H groups in total. The minimum atomic E-state index is -0.543. The number of carbonyl (C=O) groups excluding carboxylic acids is 2. The quantitative estimate of drug-likeness (QED) is 0.492. The lowest BCUT2D eigenvalue weighted by Gasteiger charge is -1.96. The summed E-state index contributed by atoms with van der Waals surface area (Å²) in [5.41, 5.74) is 0. The van der Waals surface area contributed by atoms with Gasteiger partial charge in [0.25, 0.3) is 0 Å². The lowest BCUT2D eigenvalue weighted by molar-refractivity contribution is -0.109. The van der Waals surface area contributed by atoms with Gasteiger partial charge >= 0.3 is 5.30 Å². The summed E-state index contributed by atoms with van der Waals surface area (Å²) in [6.45, 7) is 2.02. The summed E-state index contributed by atoms with van der Waals surface area (Å²) in [7, 11) is 0. The molecule has 0 aromatic rings. The van der Waals surface area contributed by atoms with Crippen molar-refractivity contribution in [3.05, 3.63) is 0 Å². The molecule has 0 aromatic carbocycles. The summed E-state index contributed by atoms with van der Waals surface area (Å²) in [6.07, 6.45) is 0. The van der Waals surface area contributed by atoms with E-state index in [1.165, 1.54) is 0 Å². The van der Waals surface area contributed by atoms with E-state index in [4.69, 9.17) is 11.6 Å². The van der Waals surface area contributed by atoms with Crippen molar-refractivity contribution in [3.8, 4) is 0 Å². The van der Waals surface area contributed by atoms with Gasteiger partial charge in [-0.3, -0.25) is 4.79 Å². The van der Waals surface area contributed by atoms with Crippen LogP contribution in [0, 0.1) is 0 Å². The Hall–Kier alpha value is -0.220. The van der Waals surface area contributed by atoms with Gasteiger partial charge < -0.3 is 4.74 Å². The van der Waals surface area contributed by atoms with E-state index >= 15 is 0 Å². The van der Waals surface area contributed by atoms with Crippen LogP contribution in [-0.2, 0) is 9.53 Å². The Labute approximate surface area is 68.1 Å². The number of ether oxygens (including phenoxy) is 1. The second-order valence-corrected chi connectivity index (χ2v) is 2.66. The van der Waals surface area contributed by atoms with Gasteiger partial charge in [0, 0.05) is 0 Å². The monoisotopic (exact) mass is 182 g/mol. The molecule has 0 aliphatic heterocycles. The Morgan fingerprint density at radius 1 is 1.60 bits per heavy atom. The molecule has 0 aliphatic rings. The zero-order valence-corrected chi connectivity index (χ0v) is 7.00. The normalized spacial score (nSPS) is 9.00. The molecule has 0 radical (unpaired) electrons. The number of hydrogen-bond donors (Lipinski definition) is 0. The molecule has 5 heteroatoms. The molecule has 0 spiro atoms. The highest BCUT2D eigenvalue weighted by Crippen LogP contribution is 2.05. The molecule has 58 valence electrons. The van der Waals surface area contributed by atoms with Gasteiger partial charge in [0.05, 0.1) is 12.4 Å². The van der Waals surface area contributed by atoms with E-state index in [-0.39, 0.29) is 5.75 Å². The standard InChI is InChI=1S/C5H7ClO3S/c1-2-9-5(8)10-3-4(6)7/h2-3H2,1H3. The number of thioether (sulfide) groups is 1. The third-order valence-electron chi connectivity index (χ3n) is 0.566. The van der Waals surface area contributed by atoms with Gasteiger partial charge in [0.2, 0.25) is 5.24 Å². The molecule has 3 nitrogen and oxygen atoms in total. The summed E-state index contributed by atoms with van der Waals surface area (Å²) in [5.74, 6) is -0.0274. The number of hydrogen-bond acceptors (Lipinski definition) is 4. The van der Waals surface area contributed by atoms with E-state index in [9.17, 15) is 9.59 Å². The highest BCUT2D eigenvalue weighted by molar-refractivity contribution is 8.13. The summed E-state index contributed by atoms with van der Waals surface area (Å²) >= 11 is 5.72. The maximum absolute atomic E-state index is 10.5. The Balaban J connectivity index is 3.30. The lowest BCUT2D eigenvalue weighted by Crippen LogP contribution is -2.00. The van der Waals surface area contributed by atoms with Gasteiger partial charge in [-0.25, -0.2) is 4.79 Å². The third kappa shape index (κ3) is 5.91. The van der Waals surface area contributed by atoms with Crippen molar-refractivity contribution < 1.29 is 14.3 Å². The minimum Gasteiger partial charge on any atom is -0.458 e. The summed E-state index contributed by atoms with van der Waals surface area (Å²) < 4.78 is 4.51. The Kier molecular flexibility index (Phi) is 5.43. The fourth-order valence-electron chi connectivity index (χ4n) is 0.275. The largest absolute Gasteiger partial charge is 0.458 e. The molecule has 0 heterocycles. The van der Waals surface area contributed by atoms with Gasteiger partial charge in [-0.2, -0.15) is 0 Å². The topological polar surface area (TPSA) is 43.4 Å². The van der Waals surface area contributed by atoms with Crippen LogP contribution in [0.15, 0.2) is 0 Å². The molecule has 10 heavy (non-hydrogen) atoms. The Morgan fingerprint density at radius 2 is 2.20 bits per heavy atom. The second-order valence-electron chi connectivity index (χ2n) is 1.33. The van der Waals surface area contributed by atoms with Crippen molar-refractivity contribution in [3.63, 3.8) is 0 Å². The highest BCUT2D eigenvalue weighted by Gasteiger charge is 2.04. The first kappa shape index (κ1) is 9.78. The molecule has 0 bridgehead atoms. The maximum atomic E-state index is 10.5. The average molecular weight is 183 g/mol. The zero-order chi connectivity index (χ0) is 7.98. The van der Waals surface area contributed by atoms with E-state index in [1.807, 2.05) is 0 Å². The molecule has 0 aliphatic carbocycles. The minimum absolute atomic E-state index is 0.0274. The molecule has 0 fully saturated rings. The maximum Gasteiger partial charge on any atom is 0.367 e. The number of carbonyl (C=O) groups is 2. The van der Waals surface area contributed by atoms with E-state index < -0.39 is 10.5 Å². The van der Waals surface area contributed by atoms with E-state index in [2.05, 4.69) is 4.74 Å². The van der Waals surface area contributed by atoms with Gasteiger partial charge in [-0.05, 0) is 30.3 Å². The Bertz CT molecular complexity index is 137. The SMILES string of the molecule is CCOC(=O)SCC(=O)Cl. The van der Waals surface area contributed by atoms with Crippen LogP contribution in [0.5, 0.6) is 0 Å². The van der Waals surface area contributed by atoms with Crippen molar-refractivity contribution in [1.82, 2.24) is 0 Å². The fraction of sp³-hybridized carbons (Fsp3) is 0.600. The van der Waals surface area contributed by atoms with Crippen LogP contribution in [0.25, 0.3) is 0 Å². The third-order valence-corrected chi connectivity index (χ3v) is 1.62. The van der Waals surface area contributed by atoms with Crippen molar-refractivity contribution >= 4 is 33.9 Å². The molecule has 0 rings (SSSR count). The second kappa shape index (κ2) is 5.56. The first-order valence-corrected chi connectivity index (χ1v) is 4.01. The van der Waals surface area contributed by atoms with Crippen molar-refractivity contribution in [2.75, 3.05) is 12.4 Å². The lowest BCUT2D eigenvalue weighted by atomic mass is 10.9. The van der Waals surface area contributed by atoms with Crippen molar-refractivity contribution in [1.29, 1.82) is 0 Å². The molecule has 0 saturated heterocycles. The van der Waals surface area contributed by atoms with Crippen LogP contribution in [0.2, 0.25) is 0 Å². The van der Waals surface area contributed by atoms with Crippen molar-refractivity contribution in [2.45, 2.75) is 6.92 Å². The van der Waals surface area contributed by atoms with Gasteiger partial charge in [0.1, 0.15) is 0 Å². The van der Waals surface area contributed by atoms with Crippen LogP contribution in [0.4, 0.5) is 4.79 Å². The number of halogens is 1. The summed E-state index contributed by atoms with van der Waals surface area (Å²) in [6, 6.07) is 0. The van der Waals surface area contributed by atoms with Gasteiger partial charge in [0.15, 0.2) is 0 Å². The fourth-order valence-corrected chi connectivity index (χ4v) is 0.871. The van der Waals surface area contributed by atoms with E-state index in [1.54, 1.807) is 6.92 Å². The van der Waals surface area contributed by atoms with Crippen molar-refractivity contribution in [2.24, 2.45) is 0 Å². The summed E-state index contributed by atoms with van der Waals surface area (Å²) in [5, 5.41) is -1.01. The average Bonchev–Trinajstić information content (AvgIpc) is 1.85. The van der Waals surface area contributed by atoms with E-state index in [0.29, 0.717) is 6.61 Å². The van der Waals surface area contributed by atoms with Crippen LogP contribution in [0.3, 0.4) is 0 Å². The molecular weight excluding hydrogens is 176 g/mol. The van der Waals surface area contributed by atoms with Crippen LogP contribution in [-0.4, -0.2) is 22.9 Å². The highest BCUT2D eigenvalue weighted by atomic mass is 35.5. The van der Waals surface area contributed by atoms with Gasteiger partial charge in [-0.15, -0.1) is 0 Å². The van der Waals surface area contributed by atoms with Crippen LogP contribution >= 0.6 is 23.4 Å². The van der Waals surface area contributed by atoms with Crippen LogP contribution < -0.4 is 0 Å². The molecule has 0 unspecified atom stereocenters. The first-order valence-electron chi connectivity index (χ1n) is 2.64. The molecule has 0 atom stereocenters. The smallest absolute Gasteiger partial charge is 0.367 e. The zero-order valence-electron chi connectivity index (χ0n) is 5.43. The van der Waals surface area contributed by atoms with Gasteiger partial charge in [-0.1, -0.05) is 0 Å². The number of rotatable bonds is 3. The predicted octanol–water partition coefficient (Wildman–Crippen LogP) is 1.64. The Morgan fingerprint density at radius 3 is 2.60 bits per heavy atom. The molecular formula is C5H7ClO3S. The molecule has 0 saturated carbocycles. The molecule has 0 amide bonds.